The van der Waals surface area contributed by atoms with Crippen LogP contribution < -0.4 is 20.3 Å². The molecular formula is C26H20FN3O4. The number of fused-ring (bicyclic) bond motifs is 2. The van der Waals surface area contributed by atoms with E-state index in [4.69, 9.17) is 14.5 Å². The summed E-state index contributed by atoms with van der Waals surface area (Å²) in [6.45, 7) is 0.963. The first kappa shape index (κ1) is 21.4. The van der Waals surface area contributed by atoms with Crippen molar-refractivity contribution in [1.29, 1.82) is 0 Å². The van der Waals surface area contributed by atoms with Crippen LogP contribution in [0.25, 0.3) is 22.2 Å². The number of pyridine rings is 1. The maximum Gasteiger partial charge on any atom is 0.270 e. The van der Waals surface area contributed by atoms with E-state index in [2.05, 4.69) is 10.9 Å². The van der Waals surface area contributed by atoms with Crippen molar-refractivity contribution in [3.8, 4) is 22.8 Å². The molecule has 2 amide bonds. The van der Waals surface area contributed by atoms with Gasteiger partial charge < -0.3 is 9.47 Å². The Morgan fingerprint density at radius 2 is 1.65 bits per heavy atom. The molecule has 0 unspecified atom stereocenters. The minimum absolute atomic E-state index is 0.0000987. The predicted molar refractivity (Wildman–Crippen MR) is 124 cm³/mol. The molecule has 170 valence electrons. The van der Waals surface area contributed by atoms with Crippen LogP contribution in [0.2, 0.25) is 0 Å². The van der Waals surface area contributed by atoms with E-state index in [0.717, 1.165) is 5.56 Å². The number of nitrogens with zero attached hydrogens (tertiary/aromatic N) is 1. The van der Waals surface area contributed by atoms with E-state index in [1.165, 1.54) is 24.3 Å². The Morgan fingerprint density at radius 3 is 2.47 bits per heavy atom. The summed E-state index contributed by atoms with van der Waals surface area (Å²) < 4.78 is 24.3. The third kappa shape index (κ3) is 4.52. The van der Waals surface area contributed by atoms with Gasteiger partial charge in [0.1, 0.15) is 19.0 Å². The summed E-state index contributed by atoms with van der Waals surface area (Å²) in [7, 11) is 0. The van der Waals surface area contributed by atoms with Crippen molar-refractivity contribution in [1.82, 2.24) is 15.8 Å². The van der Waals surface area contributed by atoms with Gasteiger partial charge in [-0.15, -0.1) is 0 Å². The van der Waals surface area contributed by atoms with Crippen molar-refractivity contribution in [2.24, 2.45) is 0 Å². The van der Waals surface area contributed by atoms with E-state index >= 15 is 0 Å². The number of rotatable bonds is 4. The van der Waals surface area contributed by atoms with Gasteiger partial charge >= 0.3 is 0 Å². The number of aromatic nitrogens is 1. The summed E-state index contributed by atoms with van der Waals surface area (Å²) in [5, 5.41) is 0.647. The molecule has 5 rings (SSSR count). The summed E-state index contributed by atoms with van der Waals surface area (Å²) in [5.74, 6) is 0.00136. The lowest BCUT2D eigenvalue weighted by Crippen LogP contribution is -2.42. The molecule has 0 aliphatic carbocycles. The van der Waals surface area contributed by atoms with E-state index in [1.54, 1.807) is 12.1 Å². The highest BCUT2D eigenvalue weighted by molar-refractivity contribution is 6.07. The van der Waals surface area contributed by atoms with Crippen LogP contribution in [0.15, 0.2) is 72.8 Å². The maximum absolute atomic E-state index is 13.1. The van der Waals surface area contributed by atoms with Gasteiger partial charge in [0.25, 0.3) is 5.91 Å². The molecule has 0 bridgehead atoms. The van der Waals surface area contributed by atoms with Crippen LogP contribution in [0.3, 0.4) is 0 Å². The second-order valence-electron chi connectivity index (χ2n) is 7.74. The average Bonchev–Trinajstić information content (AvgIpc) is 2.87. The smallest absolute Gasteiger partial charge is 0.270 e. The van der Waals surface area contributed by atoms with Gasteiger partial charge in [-0.3, -0.25) is 20.4 Å². The van der Waals surface area contributed by atoms with Crippen LogP contribution in [0, 0.1) is 5.82 Å². The largest absolute Gasteiger partial charge is 0.486 e. The van der Waals surface area contributed by atoms with Gasteiger partial charge in [0, 0.05) is 10.9 Å². The third-order valence-corrected chi connectivity index (χ3v) is 5.39. The van der Waals surface area contributed by atoms with Crippen molar-refractivity contribution >= 4 is 22.7 Å². The highest BCUT2D eigenvalue weighted by Gasteiger charge is 2.17. The van der Waals surface area contributed by atoms with Crippen LogP contribution in [-0.4, -0.2) is 30.0 Å². The van der Waals surface area contributed by atoms with Gasteiger partial charge in [-0.05, 0) is 48.0 Å². The van der Waals surface area contributed by atoms with Crippen molar-refractivity contribution in [2.45, 2.75) is 6.42 Å². The van der Waals surface area contributed by atoms with Gasteiger partial charge in [-0.25, -0.2) is 9.37 Å². The van der Waals surface area contributed by atoms with E-state index < -0.39 is 11.8 Å². The molecular weight excluding hydrogens is 437 g/mol. The maximum atomic E-state index is 13.1. The lowest BCUT2D eigenvalue weighted by Gasteiger charge is -2.19. The molecule has 1 aliphatic rings. The SMILES string of the molecule is O=C(Cc1ccc(F)cc1)NNC(=O)c1cc(-c2ccc3c(c2)OCCO3)nc2ccccc12. The standard InChI is InChI=1S/C26H20FN3O4/c27-18-8-5-16(6-9-18)13-25(31)29-30-26(32)20-15-22(28-21-4-2-1-3-19(20)21)17-7-10-23-24(14-17)34-12-11-33-23/h1-10,14-15H,11-13H2,(H,29,31)(H,30,32). The number of hydrogen-bond donors (Lipinski definition) is 2. The van der Waals surface area contributed by atoms with Crippen molar-refractivity contribution in [2.75, 3.05) is 13.2 Å². The van der Waals surface area contributed by atoms with Gasteiger partial charge in [0.2, 0.25) is 5.91 Å². The Hall–Kier alpha value is -4.46. The molecule has 2 heterocycles. The predicted octanol–water partition coefficient (Wildman–Crippen LogP) is 3.82. The van der Waals surface area contributed by atoms with Crippen LogP contribution in [-0.2, 0) is 11.2 Å². The fraction of sp³-hybridized carbons (Fsp3) is 0.115. The number of halogens is 1. The Morgan fingerprint density at radius 1 is 0.882 bits per heavy atom. The Kier molecular flexibility index (Phi) is 5.78. The van der Waals surface area contributed by atoms with E-state index in [0.29, 0.717) is 52.4 Å². The highest BCUT2D eigenvalue weighted by Crippen LogP contribution is 2.35. The normalized spacial score (nSPS) is 12.3. The zero-order valence-electron chi connectivity index (χ0n) is 18.0. The van der Waals surface area contributed by atoms with Gasteiger partial charge in [0.05, 0.1) is 23.2 Å². The van der Waals surface area contributed by atoms with Crippen molar-refractivity contribution in [3.63, 3.8) is 0 Å². The Balaban J connectivity index is 1.39. The topological polar surface area (TPSA) is 89.6 Å². The Bertz CT molecular complexity index is 1390. The second-order valence-corrected chi connectivity index (χ2v) is 7.74. The first-order valence-corrected chi connectivity index (χ1v) is 10.7. The molecule has 0 fully saturated rings. The molecule has 8 heteroatoms. The molecule has 0 radical (unpaired) electrons. The van der Waals surface area contributed by atoms with E-state index in [1.807, 2.05) is 36.4 Å². The minimum atomic E-state index is -0.482. The van der Waals surface area contributed by atoms with Crippen LogP contribution in [0.5, 0.6) is 11.5 Å². The lowest BCUT2D eigenvalue weighted by molar-refractivity contribution is -0.121. The number of ether oxygens (including phenoxy) is 2. The number of nitrogens with one attached hydrogen (secondary N) is 2. The molecule has 3 aromatic carbocycles. The van der Waals surface area contributed by atoms with Crippen LogP contribution >= 0.6 is 0 Å². The Labute approximate surface area is 194 Å². The van der Waals surface area contributed by atoms with E-state index in [-0.39, 0.29) is 12.2 Å². The molecule has 1 aromatic heterocycles. The molecule has 2 N–H and O–H groups in total. The van der Waals surface area contributed by atoms with Crippen LogP contribution in [0.1, 0.15) is 15.9 Å². The lowest BCUT2D eigenvalue weighted by atomic mass is 10.0. The average molecular weight is 457 g/mol. The summed E-state index contributed by atoms with van der Waals surface area (Å²) in [4.78, 5) is 30.0. The summed E-state index contributed by atoms with van der Waals surface area (Å²) in [6, 6.07) is 20.1. The molecule has 0 saturated heterocycles. The van der Waals surface area contributed by atoms with Crippen molar-refractivity contribution in [3.05, 3.63) is 89.7 Å². The summed E-state index contributed by atoms with van der Waals surface area (Å²) >= 11 is 0. The first-order chi connectivity index (χ1) is 16.6. The molecule has 34 heavy (non-hydrogen) atoms. The minimum Gasteiger partial charge on any atom is -0.486 e. The van der Waals surface area contributed by atoms with Gasteiger partial charge in [0.15, 0.2) is 11.5 Å². The fourth-order valence-electron chi connectivity index (χ4n) is 3.74. The molecule has 0 atom stereocenters. The quantitative estimate of drug-likeness (QED) is 0.455. The number of benzene rings is 3. The first-order valence-electron chi connectivity index (χ1n) is 10.7. The van der Waals surface area contributed by atoms with Crippen LogP contribution in [0.4, 0.5) is 4.39 Å². The van der Waals surface area contributed by atoms with Crippen molar-refractivity contribution < 1.29 is 23.5 Å². The summed E-state index contributed by atoms with van der Waals surface area (Å²) in [5.41, 5.74) is 7.86. The monoisotopic (exact) mass is 457 g/mol. The fourth-order valence-corrected chi connectivity index (χ4v) is 3.74. The number of amides is 2. The number of para-hydroxylation sites is 1. The molecule has 0 saturated carbocycles. The zero-order valence-corrected chi connectivity index (χ0v) is 18.0. The zero-order chi connectivity index (χ0) is 23.5. The molecule has 0 spiro atoms. The third-order valence-electron chi connectivity index (χ3n) is 5.39. The molecule has 1 aliphatic heterocycles. The number of hydrazine groups is 1. The number of carbonyl (C=O) groups excluding carboxylic acids is 2. The van der Waals surface area contributed by atoms with Gasteiger partial charge in [-0.2, -0.15) is 0 Å². The second kappa shape index (κ2) is 9.19. The molecule has 4 aromatic rings. The highest BCUT2D eigenvalue weighted by atomic mass is 19.1. The van der Waals surface area contributed by atoms with Gasteiger partial charge in [-0.1, -0.05) is 30.3 Å². The number of hydrogen-bond acceptors (Lipinski definition) is 5. The number of carbonyl (C=O) groups is 2. The summed E-state index contributed by atoms with van der Waals surface area (Å²) in [6.07, 6.45) is 0.0000987. The molecule has 7 nitrogen and oxygen atoms in total. The van der Waals surface area contributed by atoms with E-state index in [9.17, 15) is 14.0 Å².